The fraction of sp³-hybridized carbons (Fsp3) is 0.333. The molecule has 0 atom stereocenters. The van der Waals surface area contributed by atoms with E-state index in [-0.39, 0.29) is 18.4 Å². The van der Waals surface area contributed by atoms with Gasteiger partial charge in [0.1, 0.15) is 0 Å². The van der Waals surface area contributed by atoms with Crippen LogP contribution in [0.1, 0.15) is 28.7 Å². The maximum absolute atomic E-state index is 12.3. The van der Waals surface area contributed by atoms with Gasteiger partial charge in [-0.05, 0) is 50.5 Å². The number of anilines is 1. The molecule has 1 N–H and O–H groups in total. The molecule has 4 nitrogen and oxygen atoms in total. The normalized spacial score (nSPS) is 10.4. The molecular formula is C21H26N2O2. The molecule has 0 saturated carbocycles. The van der Waals surface area contributed by atoms with Crippen LogP contribution in [0.3, 0.4) is 0 Å². The first-order valence-corrected chi connectivity index (χ1v) is 8.52. The Kier molecular flexibility index (Phi) is 6.34. The maximum Gasteiger partial charge on any atom is 0.243 e. The summed E-state index contributed by atoms with van der Waals surface area (Å²) in [6.45, 7) is 6.17. The van der Waals surface area contributed by atoms with Crippen LogP contribution in [-0.2, 0) is 16.0 Å². The Hall–Kier alpha value is -2.62. The van der Waals surface area contributed by atoms with Crippen LogP contribution in [0.4, 0.5) is 5.69 Å². The SMILES string of the molecule is Cc1ccc(NC(=O)CN(C)C(=O)CCc2ccc(C)cc2C)cc1. The average Bonchev–Trinajstić information content (AvgIpc) is 2.55. The highest BCUT2D eigenvalue weighted by Gasteiger charge is 2.13. The summed E-state index contributed by atoms with van der Waals surface area (Å²) in [4.78, 5) is 25.8. The maximum atomic E-state index is 12.3. The number of benzene rings is 2. The summed E-state index contributed by atoms with van der Waals surface area (Å²) in [6, 6.07) is 13.8. The number of carbonyl (C=O) groups is 2. The standard InChI is InChI=1S/C21H26N2O2/c1-15-6-10-19(11-7-15)22-20(24)14-23(4)21(25)12-9-18-8-5-16(2)13-17(18)3/h5-8,10-11,13H,9,12,14H2,1-4H3,(H,22,24). The van der Waals surface area contributed by atoms with Crippen molar-refractivity contribution < 1.29 is 9.59 Å². The molecule has 0 unspecified atom stereocenters. The number of carbonyl (C=O) groups excluding carboxylic acids is 2. The zero-order valence-corrected chi connectivity index (χ0v) is 15.4. The van der Waals surface area contributed by atoms with Crippen LogP contribution in [0.25, 0.3) is 0 Å². The molecule has 0 aromatic heterocycles. The van der Waals surface area contributed by atoms with Crippen LogP contribution in [0.15, 0.2) is 42.5 Å². The van der Waals surface area contributed by atoms with Crippen LogP contribution in [-0.4, -0.2) is 30.3 Å². The van der Waals surface area contributed by atoms with E-state index >= 15 is 0 Å². The van der Waals surface area contributed by atoms with Gasteiger partial charge >= 0.3 is 0 Å². The summed E-state index contributed by atoms with van der Waals surface area (Å²) in [5.41, 5.74) is 5.48. The predicted molar refractivity (Wildman–Crippen MR) is 102 cm³/mol. The van der Waals surface area contributed by atoms with Crippen molar-refractivity contribution in [2.75, 3.05) is 18.9 Å². The quantitative estimate of drug-likeness (QED) is 0.874. The minimum atomic E-state index is -0.189. The van der Waals surface area contributed by atoms with Crippen molar-refractivity contribution in [2.24, 2.45) is 0 Å². The van der Waals surface area contributed by atoms with Crippen molar-refractivity contribution in [3.05, 3.63) is 64.7 Å². The second kappa shape index (κ2) is 8.47. The summed E-state index contributed by atoms with van der Waals surface area (Å²) in [5, 5.41) is 2.81. The first-order valence-electron chi connectivity index (χ1n) is 8.52. The second-order valence-corrected chi connectivity index (χ2v) is 6.59. The van der Waals surface area contributed by atoms with Crippen LogP contribution < -0.4 is 5.32 Å². The van der Waals surface area contributed by atoms with E-state index < -0.39 is 0 Å². The van der Waals surface area contributed by atoms with Crippen LogP contribution in [0.5, 0.6) is 0 Å². The van der Waals surface area contributed by atoms with Crippen molar-refractivity contribution in [3.8, 4) is 0 Å². The van der Waals surface area contributed by atoms with Crippen molar-refractivity contribution in [3.63, 3.8) is 0 Å². The Morgan fingerprint density at radius 2 is 1.60 bits per heavy atom. The third-order valence-electron chi connectivity index (χ3n) is 4.25. The average molecular weight is 338 g/mol. The first kappa shape index (κ1) is 18.7. The van der Waals surface area contributed by atoms with Gasteiger partial charge in [0.15, 0.2) is 0 Å². The molecule has 2 rings (SSSR count). The molecule has 0 saturated heterocycles. The van der Waals surface area contributed by atoms with E-state index in [1.807, 2.05) is 31.2 Å². The van der Waals surface area contributed by atoms with E-state index in [0.717, 1.165) is 11.3 Å². The summed E-state index contributed by atoms with van der Waals surface area (Å²) in [6.07, 6.45) is 1.09. The van der Waals surface area contributed by atoms with Gasteiger partial charge in [0.2, 0.25) is 11.8 Å². The number of nitrogens with one attached hydrogen (secondary N) is 1. The lowest BCUT2D eigenvalue weighted by Crippen LogP contribution is -2.35. The number of amides is 2. The van der Waals surface area contributed by atoms with Gasteiger partial charge in [-0.3, -0.25) is 9.59 Å². The molecule has 0 aliphatic carbocycles. The molecular weight excluding hydrogens is 312 g/mol. The molecule has 0 bridgehead atoms. The lowest BCUT2D eigenvalue weighted by molar-refractivity contribution is -0.133. The zero-order chi connectivity index (χ0) is 18.4. The summed E-state index contributed by atoms with van der Waals surface area (Å²) >= 11 is 0. The Bertz CT molecular complexity index is 751. The molecule has 2 aromatic carbocycles. The third-order valence-corrected chi connectivity index (χ3v) is 4.25. The molecule has 0 spiro atoms. The molecule has 0 fully saturated rings. The van der Waals surface area contributed by atoms with E-state index in [9.17, 15) is 9.59 Å². The molecule has 0 aliphatic rings. The summed E-state index contributed by atoms with van der Waals surface area (Å²) in [5.74, 6) is -0.217. The number of aryl methyl sites for hydroxylation is 4. The van der Waals surface area contributed by atoms with Crippen molar-refractivity contribution in [1.82, 2.24) is 4.90 Å². The van der Waals surface area contributed by atoms with Gasteiger partial charge in [0, 0.05) is 19.2 Å². The molecule has 4 heteroatoms. The van der Waals surface area contributed by atoms with Crippen molar-refractivity contribution in [2.45, 2.75) is 33.6 Å². The molecule has 0 heterocycles. The fourth-order valence-electron chi connectivity index (χ4n) is 2.70. The third kappa shape index (κ3) is 5.75. The van der Waals surface area contributed by atoms with Gasteiger partial charge in [0.25, 0.3) is 0 Å². The van der Waals surface area contributed by atoms with Gasteiger partial charge in [-0.15, -0.1) is 0 Å². The fourth-order valence-corrected chi connectivity index (χ4v) is 2.70. The van der Waals surface area contributed by atoms with E-state index in [4.69, 9.17) is 0 Å². The van der Waals surface area contributed by atoms with E-state index in [1.54, 1.807) is 7.05 Å². The van der Waals surface area contributed by atoms with Gasteiger partial charge < -0.3 is 10.2 Å². The van der Waals surface area contributed by atoms with E-state index in [2.05, 4.69) is 37.4 Å². The number of hydrogen-bond acceptors (Lipinski definition) is 2. The topological polar surface area (TPSA) is 49.4 Å². The number of hydrogen-bond donors (Lipinski definition) is 1. The Morgan fingerprint density at radius 3 is 2.24 bits per heavy atom. The van der Waals surface area contributed by atoms with Crippen LogP contribution in [0, 0.1) is 20.8 Å². The number of rotatable bonds is 6. The molecule has 132 valence electrons. The molecule has 0 aliphatic heterocycles. The smallest absolute Gasteiger partial charge is 0.243 e. The highest BCUT2D eigenvalue weighted by atomic mass is 16.2. The highest BCUT2D eigenvalue weighted by molar-refractivity contribution is 5.94. The van der Waals surface area contributed by atoms with Gasteiger partial charge in [-0.2, -0.15) is 0 Å². The summed E-state index contributed by atoms with van der Waals surface area (Å²) in [7, 11) is 1.67. The lowest BCUT2D eigenvalue weighted by atomic mass is 10.0. The van der Waals surface area contributed by atoms with Crippen molar-refractivity contribution in [1.29, 1.82) is 0 Å². The Labute approximate surface area is 149 Å². The molecule has 2 aromatic rings. The van der Waals surface area contributed by atoms with E-state index in [1.165, 1.54) is 21.6 Å². The number of nitrogens with zero attached hydrogens (tertiary/aromatic N) is 1. The van der Waals surface area contributed by atoms with Crippen LogP contribution >= 0.6 is 0 Å². The minimum Gasteiger partial charge on any atom is -0.336 e. The Morgan fingerprint density at radius 1 is 0.960 bits per heavy atom. The molecule has 2 amide bonds. The van der Waals surface area contributed by atoms with Gasteiger partial charge in [0.05, 0.1) is 6.54 Å². The highest BCUT2D eigenvalue weighted by Crippen LogP contribution is 2.13. The van der Waals surface area contributed by atoms with E-state index in [0.29, 0.717) is 12.8 Å². The predicted octanol–water partition coefficient (Wildman–Crippen LogP) is 3.64. The van der Waals surface area contributed by atoms with Gasteiger partial charge in [-0.1, -0.05) is 41.5 Å². The number of likely N-dealkylation sites (N-methyl/N-ethyl adjacent to an activating group) is 1. The lowest BCUT2D eigenvalue weighted by Gasteiger charge is -2.17. The minimum absolute atomic E-state index is 0.0287. The largest absolute Gasteiger partial charge is 0.336 e. The first-order chi connectivity index (χ1) is 11.8. The van der Waals surface area contributed by atoms with Crippen molar-refractivity contribution >= 4 is 17.5 Å². The Balaban J connectivity index is 1.82. The van der Waals surface area contributed by atoms with Crippen LogP contribution in [0.2, 0.25) is 0 Å². The zero-order valence-electron chi connectivity index (χ0n) is 15.4. The monoisotopic (exact) mass is 338 g/mol. The van der Waals surface area contributed by atoms with Gasteiger partial charge in [-0.25, -0.2) is 0 Å². The molecule has 0 radical (unpaired) electrons. The summed E-state index contributed by atoms with van der Waals surface area (Å²) < 4.78 is 0. The molecule has 25 heavy (non-hydrogen) atoms. The second-order valence-electron chi connectivity index (χ2n) is 6.59.